The SMILES string of the molecule is COC(=O)Cn1c(=NC(=O)CCCSc2ccc(C)cc2)sc2cc(SC)ccc21. The monoisotopic (exact) mass is 460 g/mol. The van der Waals surface area contributed by atoms with Crippen LogP contribution in [0.3, 0.4) is 0 Å². The van der Waals surface area contributed by atoms with Crippen LogP contribution in [0.1, 0.15) is 18.4 Å². The molecule has 0 atom stereocenters. The third-order valence-electron chi connectivity index (χ3n) is 4.45. The summed E-state index contributed by atoms with van der Waals surface area (Å²) in [6.07, 6.45) is 3.14. The van der Waals surface area contributed by atoms with Crippen LogP contribution in [0.15, 0.2) is 57.2 Å². The van der Waals surface area contributed by atoms with E-state index in [-0.39, 0.29) is 18.4 Å². The van der Waals surface area contributed by atoms with Crippen molar-refractivity contribution in [1.82, 2.24) is 4.57 Å². The second kappa shape index (κ2) is 10.8. The molecule has 1 aromatic heterocycles. The summed E-state index contributed by atoms with van der Waals surface area (Å²) in [6, 6.07) is 14.4. The maximum Gasteiger partial charge on any atom is 0.325 e. The van der Waals surface area contributed by atoms with Crippen molar-refractivity contribution in [2.45, 2.75) is 36.1 Å². The fourth-order valence-electron chi connectivity index (χ4n) is 2.82. The van der Waals surface area contributed by atoms with Gasteiger partial charge in [-0.15, -0.1) is 23.5 Å². The van der Waals surface area contributed by atoms with Crippen LogP contribution in [-0.4, -0.2) is 35.6 Å². The second-order valence-electron chi connectivity index (χ2n) is 6.65. The van der Waals surface area contributed by atoms with Crippen LogP contribution in [0.5, 0.6) is 0 Å². The number of aryl methyl sites for hydroxylation is 1. The van der Waals surface area contributed by atoms with Crippen molar-refractivity contribution in [3.8, 4) is 0 Å². The molecule has 0 N–H and O–H groups in total. The molecule has 3 aromatic rings. The number of thioether (sulfide) groups is 2. The summed E-state index contributed by atoms with van der Waals surface area (Å²) >= 11 is 4.81. The summed E-state index contributed by atoms with van der Waals surface area (Å²) in [5, 5.41) is 0. The molecule has 0 radical (unpaired) electrons. The normalized spacial score (nSPS) is 11.8. The van der Waals surface area contributed by atoms with Crippen molar-refractivity contribution in [2.24, 2.45) is 4.99 Å². The number of amides is 1. The molecule has 0 saturated carbocycles. The first-order valence-electron chi connectivity index (χ1n) is 9.51. The average Bonchev–Trinajstić information content (AvgIpc) is 3.08. The first kappa shape index (κ1) is 22.7. The van der Waals surface area contributed by atoms with Gasteiger partial charge in [0.05, 0.1) is 17.3 Å². The lowest BCUT2D eigenvalue weighted by Gasteiger charge is -2.04. The summed E-state index contributed by atoms with van der Waals surface area (Å²) in [4.78, 5) is 31.5. The van der Waals surface area contributed by atoms with Gasteiger partial charge in [-0.3, -0.25) is 9.59 Å². The van der Waals surface area contributed by atoms with Crippen LogP contribution >= 0.6 is 34.9 Å². The molecule has 0 aliphatic heterocycles. The van der Waals surface area contributed by atoms with Gasteiger partial charge >= 0.3 is 5.97 Å². The van der Waals surface area contributed by atoms with Crippen molar-refractivity contribution in [1.29, 1.82) is 0 Å². The minimum Gasteiger partial charge on any atom is -0.468 e. The molecule has 2 aromatic carbocycles. The quantitative estimate of drug-likeness (QED) is 0.272. The summed E-state index contributed by atoms with van der Waals surface area (Å²) in [6.45, 7) is 2.10. The predicted octanol–water partition coefficient (Wildman–Crippen LogP) is 4.91. The molecule has 8 heteroatoms. The Morgan fingerprint density at radius 2 is 1.87 bits per heavy atom. The average molecular weight is 461 g/mol. The van der Waals surface area contributed by atoms with Crippen molar-refractivity contribution >= 4 is 57.0 Å². The van der Waals surface area contributed by atoms with E-state index < -0.39 is 0 Å². The molecule has 30 heavy (non-hydrogen) atoms. The van der Waals surface area contributed by atoms with Crippen LogP contribution in [0.25, 0.3) is 10.2 Å². The molecule has 3 rings (SSSR count). The minimum atomic E-state index is -0.368. The molecule has 0 aliphatic rings. The van der Waals surface area contributed by atoms with Gasteiger partial charge in [0, 0.05) is 16.2 Å². The van der Waals surface area contributed by atoms with E-state index in [1.807, 2.05) is 18.4 Å². The van der Waals surface area contributed by atoms with Gasteiger partial charge in [0.25, 0.3) is 0 Å². The van der Waals surface area contributed by atoms with E-state index in [1.54, 1.807) is 28.1 Å². The standard InChI is InChI=1S/C22H24N2O3S3/c1-15-6-8-16(9-7-15)29-12-4-5-20(25)23-22-24(14-21(26)27-2)18-11-10-17(28-3)13-19(18)30-22/h6-11,13H,4-5,12,14H2,1-3H3. The van der Waals surface area contributed by atoms with Gasteiger partial charge in [-0.2, -0.15) is 4.99 Å². The number of aromatic nitrogens is 1. The summed E-state index contributed by atoms with van der Waals surface area (Å²) < 4.78 is 7.57. The number of thiazole rings is 1. The zero-order valence-electron chi connectivity index (χ0n) is 17.2. The van der Waals surface area contributed by atoms with E-state index in [0.717, 1.165) is 27.3 Å². The van der Waals surface area contributed by atoms with E-state index in [0.29, 0.717) is 11.2 Å². The molecule has 1 heterocycles. The highest BCUT2D eigenvalue weighted by molar-refractivity contribution is 7.99. The number of hydrogen-bond acceptors (Lipinski definition) is 6. The maximum absolute atomic E-state index is 12.5. The summed E-state index contributed by atoms with van der Waals surface area (Å²) in [7, 11) is 1.36. The Hall–Kier alpha value is -2.03. The molecule has 5 nitrogen and oxygen atoms in total. The zero-order chi connectivity index (χ0) is 21.5. The number of benzene rings is 2. The largest absolute Gasteiger partial charge is 0.468 e. The van der Waals surface area contributed by atoms with Crippen LogP contribution in [0.4, 0.5) is 0 Å². The number of hydrogen-bond donors (Lipinski definition) is 0. The fourth-order valence-corrected chi connectivity index (χ4v) is 5.28. The second-order valence-corrected chi connectivity index (χ2v) is 9.71. The Kier molecular flexibility index (Phi) is 8.18. The van der Waals surface area contributed by atoms with E-state index in [4.69, 9.17) is 4.74 Å². The van der Waals surface area contributed by atoms with Crippen LogP contribution < -0.4 is 4.80 Å². The molecule has 0 aliphatic carbocycles. The van der Waals surface area contributed by atoms with Crippen molar-refractivity contribution in [3.05, 3.63) is 52.8 Å². The first-order valence-corrected chi connectivity index (χ1v) is 12.5. The topological polar surface area (TPSA) is 60.7 Å². The van der Waals surface area contributed by atoms with Gasteiger partial charge in [0.2, 0.25) is 5.91 Å². The molecule has 0 bridgehead atoms. The molecule has 0 fully saturated rings. The number of carbonyl (C=O) groups is 2. The first-order chi connectivity index (χ1) is 14.5. The van der Waals surface area contributed by atoms with Crippen molar-refractivity contribution < 1.29 is 14.3 Å². The number of fused-ring (bicyclic) bond motifs is 1. The number of methoxy groups -OCH3 is 1. The van der Waals surface area contributed by atoms with Gasteiger partial charge in [0.15, 0.2) is 4.80 Å². The molecule has 1 amide bonds. The van der Waals surface area contributed by atoms with Crippen LogP contribution in [-0.2, 0) is 20.9 Å². The molecular weight excluding hydrogens is 436 g/mol. The van der Waals surface area contributed by atoms with E-state index >= 15 is 0 Å². The number of rotatable bonds is 8. The fraction of sp³-hybridized carbons (Fsp3) is 0.318. The van der Waals surface area contributed by atoms with Gasteiger partial charge in [-0.25, -0.2) is 0 Å². The Morgan fingerprint density at radius 3 is 2.57 bits per heavy atom. The van der Waals surface area contributed by atoms with E-state index in [1.165, 1.54) is 28.9 Å². The Balaban J connectivity index is 1.72. The summed E-state index contributed by atoms with van der Waals surface area (Å²) in [5.74, 6) is 0.317. The van der Waals surface area contributed by atoms with Gasteiger partial charge in [0.1, 0.15) is 6.54 Å². The minimum absolute atomic E-state index is 0.0322. The molecular formula is C22H24N2O3S3. The third kappa shape index (κ3) is 6.00. The summed E-state index contributed by atoms with van der Waals surface area (Å²) in [5.41, 5.74) is 2.12. The lowest BCUT2D eigenvalue weighted by atomic mass is 10.2. The number of ether oxygens (including phenoxy) is 1. The molecule has 0 spiro atoms. The zero-order valence-corrected chi connectivity index (χ0v) is 19.7. The molecule has 158 valence electrons. The lowest BCUT2D eigenvalue weighted by Crippen LogP contribution is -2.22. The highest BCUT2D eigenvalue weighted by atomic mass is 32.2. The highest BCUT2D eigenvalue weighted by Crippen LogP contribution is 2.24. The predicted molar refractivity (Wildman–Crippen MR) is 125 cm³/mol. The number of carbonyl (C=O) groups excluding carboxylic acids is 2. The number of esters is 1. The van der Waals surface area contributed by atoms with Crippen molar-refractivity contribution in [3.63, 3.8) is 0 Å². The lowest BCUT2D eigenvalue weighted by molar-refractivity contribution is -0.141. The van der Waals surface area contributed by atoms with E-state index in [9.17, 15) is 9.59 Å². The van der Waals surface area contributed by atoms with Gasteiger partial charge < -0.3 is 9.30 Å². The molecule has 0 saturated heterocycles. The van der Waals surface area contributed by atoms with Crippen molar-refractivity contribution in [2.75, 3.05) is 19.1 Å². The Bertz CT molecular complexity index is 1100. The third-order valence-corrected chi connectivity index (χ3v) is 7.31. The Morgan fingerprint density at radius 1 is 1.13 bits per heavy atom. The smallest absolute Gasteiger partial charge is 0.325 e. The highest BCUT2D eigenvalue weighted by Gasteiger charge is 2.12. The van der Waals surface area contributed by atoms with Crippen LogP contribution in [0, 0.1) is 6.92 Å². The van der Waals surface area contributed by atoms with Gasteiger partial charge in [-0.1, -0.05) is 29.0 Å². The van der Waals surface area contributed by atoms with Gasteiger partial charge in [-0.05, 0) is 55.7 Å². The van der Waals surface area contributed by atoms with E-state index in [2.05, 4.69) is 42.2 Å². The maximum atomic E-state index is 12.5. The Labute approximate surface area is 188 Å². The number of nitrogens with zero attached hydrogens (tertiary/aromatic N) is 2. The van der Waals surface area contributed by atoms with Crippen LogP contribution in [0.2, 0.25) is 0 Å². The molecule has 0 unspecified atom stereocenters.